The topological polar surface area (TPSA) is 60.0 Å². The summed E-state index contributed by atoms with van der Waals surface area (Å²) < 4.78 is 1.94. The number of nitrogens with two attached hydrogens (primary N) is 1. The predicted molar refractivity (Wildman–Crippen MR) is 64.9 cm³/mol. The molecule has 1 aromatic heterocycles. The number of hydrogen-bond acceptors (Lipinski definition) is 4. The smallest absolute Gasteiger partial charge is 0.140 e. The first kappa shape index (κ1) is 13.1. The fourth-order valence-electron chi connectivity index (χ4n) is 1.70. The Bertz CT molecular complexity index is 284. The molecule has 0 amide bonds. The first-order chi connectivity index (χ1) is 7.77. The molecule has 1 aromatic rings. The maximum Gasteiger partial charge on any atom is 0.140 e. The van der Waals surface area contributed by atoms with E-state index in [9.17, 15) is 0 Å². The van der Waals surface area contributed by atoms with Crippen LogP contribution in [-0.4, -0.2) is 39.8 Å². The number of aryl methyl sites for hydroxylation is 1. The maximum absolute atomic E-state index is 5.46. The summed E-state index contributed by atoms with van der Waals surface area (Å²) in [4.78, 5) is 6.55. The minimum atomic E-state index is 0.799. The van der Waals surface area contributed by atoms with Gasteiger partial charge in [-0.15, -0.1) is 0 Å². The molecular formula is C11H23N5. The van der Waals surface area contributed by atoms with Crippen molar-refractivity contribution < 1.29 is 0 Å². The van der Waals surface area contributed by atoms with Gasteiger partial charge in [-0.25, -0.2) is 9.67 Å². The van der Waals surface area contributed by atoms with Gasteiger partial charge in [0.1, 0.15) is 12.2 Å². The van der Waals surface area contributed by atoms with Gasteiger partial charge in [0.05, 0.1) is 6.54 Å². The minimum Gasteiger partial charge on any atom is -0.330 e. The van der Waals surface area contributed by atoms with Crippen molar-refractivity contribution in [3.63, 3.8) is 0 Å². The van der Waals surface area contributed by atoms with E-state index in [-0.39, 0.29) is 0 Å². The second-order valence-electron chi connectivity index (χ2n) is 4.08. The Hall–Kier alpha value is -0.940. The first-order valence-electron chi connectivity index (χ1n) is 6.03. The number of aromatic nitrogens is 3. The third-order valence-electron chi connectivity index (χ3n) is 2.65. The molecule has 0 unspecified atom stereocenters. The predicted octanol–water partition coefficient (Wildman–Crippen LogP) is 0.859. The summed E-state index contributed by atoms with van der Waals surface area (Å²) in [5, 5.41) is 4.16. The average Bonchev–Trinajstić information content (AvgIpc) is 2.71. The number of unbranched alkanes of at least 4 members (excludes halogenated alkanes) is 2. The molecule has 16 heavy (non-hydrogen) atoms. The highest BCUT2D eigenvalue weighted by atomic mass is 15.3. The van der Waals surface area contributed by atoms with Crippen LogP contribution in [0.3, 0.4) is 0 Å². The maximum atomic E-state index is 5.46. The van der Waals surface area contributed by atoms with E-state index >= 15 is 0 Å². The molecule has 1 rings (SSSR count). The Balaban J connectivity index is 2.25. The van der Waals surface area contributed by atoms with Crippen LogP contribution in [0.5, 0.6) is 0 Å². The largest absolute Gasteiger partial charge is 0.330 e. The van der Waals surface area contributed by atoms with Crippen molar-refractivity contribution >= 4 is 0 Å². The SMILES string of the molecule is CCn1ncnc1CN(C)CCCCCN. The van der Waals surface area contributed by atoms with E-state index in [1.54, 1.807) is 6.33 Å². The first-order valence-corrected chi connectivity index (χ1v) is 6.03. The van der Waals surface area contributed by atoms with Crippen LogP contribution in [-0.2, 0) is 13.1 Å². The molecule has 0 atom stereocenters. The van der Waals surface area contributed by atoms with Crippen LogP contribution in [0, 0.1) is 0 Å². The highest BCUT2D eigenvalue weighted by Crippen LogP contribution is 2.02. The summed E-state index contributed by atoms with van der Waals surface area (Å²) in [6.07, 6.45) is 5.16. The molecule has 1 heterocycles. The summed E-state index contributed by atoms with van der Waals surface area (Å²) in [6.45, 7) is 5.73. The third-order valence-corrected chi connectivity index (χ3v) is 2.65. The fourth-order valence-corrected chi connectivity index (χ4v) is 1.70. The third kappa shape index (κ3) is 4.28. The lowest BCUT2D eigenvalue weighted by Crippen LogP contribution is -2.22. The van der Waals surface area contributed by atoms with Crippen LogP contribution in [0.2, 0.25) is 0 Å². The Morgan fingerprint density at radius 1 is 1.38 bits per heavy atom. The second-order valence-corrected chi connectivity index (χ2v) is 4.08. The molecule has 0 aromatic carbocycles. The molecule has 5 nitrogen and oxygen atoms in total. The monoisotopic (exact) mass is 225 g/mol. The van der Waals surface area contributed by atoms with E-state index < -0.39 is 0 Å². The van der Waals surface area contributed by atoms with Gasteiger partial charge in [0.25, 0.3) is 0 Å². The Morgan fingerprint density at radius 3 is 2.88 bits per heavy atom. The molecular weight excluding hydrogens is 202 g/mol. The lowest BCUT2D eigenvalue weighted by atomic mass is 10.2. The normalized spacial score (nSPS) is 11.2. The van der Waals surface area contributed by atoms with Gasteiger partial charge in [-0.3, -0.25) is 4.90 Å². The van der Waals surface area contributed by atoms with Gasteiger partial charge < -0.3 is 5.73 Å². The van der Waals surface area contributed by atoms with Crippen molar-refractivity contribution in [1.82, 2.24) is 19.7 Å². The zero-order chi connectivity index (χ0) is 11.8. The van der Waals surface area contributed by atoms with Crippen molar-refractivity contribution in [2.24, 2.45) is 5.73 Å². The molecule has 0 spiro atoms. The van der Waals surface area contributed by atoms with Crippen molar-refractivity contribution in [2.75, 3.05) is 20.1 Å². The van der Waals surface area contributed by atoms with Crippen LogP contribution in [0.25, 0.3) is 0 Å². The van der Waals surface area contributed by atoms with E-state index in [0.717, 1.165) is 38.4 Å². The van der Waals surface area contributed by atoms with Crippen LogP contribution >= 0.6 is 0 Å². The molecule has 0 bridgehead atoms. The molecule has 0 fully saturated rings. The van der Waals surface area contributed by atoms with Crippen LogP contribution in [0.15, 0.2) is 6.33 Å². The van der Waals surface area contributed by atoms with Gasteiger partial charge in [-0.2, -0.15) is 5.10 Å². The van der Waals surface area contributed by atoms with Crippen molar-refractivity contribution in [2.45, 2.75) is 39.3 Å². The Morgan fingerprint density at radius 2 is 2.19 bits per heavy atom. The van der Waals surface area contributed by atoms with Crippen molar-refractivity contribution in [3.8, 4) is 0 Å². The molecule has 0 aliphatic carbocycles. The van der Waals surface area contributed by atoms with Gasteiger partial charge in [0.2, 0.25) is 0 Å². The molecule has 0 saturated heterocycles. The average molecular weight is 225 g/mol. The molecule has 0 saturated carbocycles. The summed E-state index contributed by atoms with van der Waals surface area (Å²) in [7, 11) is 2.12. The number of nitrogens with zero attached hydrogens (tertiary/aromatic N) is 4. The van der Waals surface area contributed by atoms with E-state index in [2.05, 4.69) is 29.0 Å². The zero-order valence-corrected chi connectivity index (χ0v) is 10.4. The molecule has 0 radical (unpaired) electrons. The second kappa shape index (κ2) is 7.35. The van der Waals surface area contributed by atoms with E-state index in [1.165, 1.54) is 12.8 Å². The van der Waals surface area contributed by atoms with E-state index in [0.29, 0.717) is 0 Å². The Labute approximate surface area is 97.6 Å². The zero-order valence-electron chi connectivity index (χ0n) is 10.4. The van der Waals surface area contributed by atoms with Gasteiger partial charge >= 0.3 is 0 Å². The lowest BCUT2D eigenvalue weighted by Gasteiger charge is -2.15. The van der Waals surface area contributed by atoms with E-state index in [4.69, 9.17) is 5.73 Å². The van der Waals surface area contributed by atoms with Crippen LogP contribution in [0.4, 0.5) is 0 Å². The molecule has 0 aliphatic heterocycles. The standard InChI is InChI=1S/C11H23N5/c1-3-16-11(13-10-14-16)9-15(2)8-6-4-5-7-12/h10H,3-9,12H2,1-2H3. The molecule has 0 aliphatic rings. The highest BCUT2D eigenvalue weighted by molar-refractivity contribution is 4.83. The highest BCUT2D eigenvalue weighted by Gasteiger charge is 2.05. The quantitative estimate of drug-likeness (QED) is 0.667. The summed E-state index contributed by atoms with van der Waals surface area (Å²) in [5.74, 6) is 1.05. The molecule has 5 heteroatoms. The van der Waals surface area contributed by atoms with Crippen LogP contribution < -0.4 is 5.73 Å². The lowest BCUT2D eigenvalue weighted by molar-refractivity contribution is 0.303. The van der Waals surface area contributed by atoms with Gasteiger partial charge in [-0.05, 0) is 39.9 Å². The molecule has 2 N–H and O–H groups in total. The van der Waals surface area contributed by atoms with Crippen molar-refractivity contribution in [3.05, 3.63) is 12.2 Å². The Kier molecular flexibility index (Phi) is 6.03. The summed E-state index contributed by atoms with van der Waals surface area (Å²) >= 11 is 0. The van der Waals surface area contributed by atoms with E-state index in [1.807, 2.05) is 4.68 Å². The van der Waals surface area contributed by atoms with Gasteiger partial charge in [0.15, 0.2) is 0 Å². The number of hydrogen-bond donors (Lipinski definition) is 1. The van der Waals surface area contributed by atoms with Crippen LogP contribution in [0.1, 0.15) is 32.0 Å². The number of rotatable bonds is 8. The van der Waals surface area contributed by atoms with Gasteiger partial charge in [0, 0.05) is 6.54 Å². The van der Waals surface area contributed by atoms with Gasteiger partial charge in [-0.1, -0.05) is 6.42 Å². The minimum absolute atomic E-state index is 0.799. The molecule has 92 valence electrons. The summed E-state index contributed by atoms with van der Waals surface area (Å²) in [5.41, 5.74) is 5.46. The van der Waals surface area contributed by atoms with Crippen molar-refractivity contribution in [1.29, 1.82) is 0 Å². The fraction of sp³-hybridized carbons (Fsp3) is 0.818. The summed E-state index contributed by atoms with van der Waals surface area (Å²) in [6, 6.07) is 0.